The Morgan fingerprint density at radius 2 is 2.22 bits per heavy atom. The fraction of sp³-hybridized carbons (Fsp3) is 0.538. The van der Waals surface area contributed by atoms with Crippen molar-refractivity contribution in [3.63, 3.8) is 0 Å². The van der Waals surface area contributed by atoms with Crippen molar-refractivity contribution in [2.45, 2.75) is 20.3 Å². The molecule has 0 bridgehead atoms. The van der Waals surface area contributed by atoms with Gasteiger partial charge in [-0.05, 0) is 25.6 Å². The molecule has 0 spiro atoms. The molecule has 5 nitrogen and oxygen atoms in total. The molecule has 1 aromatic heterocycles. The van der Waals surface area contributed by atoms with Crippen molar-refractivity contribution >= 4 is 11.7 Å². The molecular weight excluding hydrogens is 230 g/mol. The molecule has 0 unspecified atom stereocenters. The van der Waals surface area contributed by atoms with Crippen molar-refractivity contribution in [2.24, 2.45) is 0 Å². The van der Waals surface area contributed by atoms with E-state index in [0.29, 0.717) is 5.69 Å². The van der Waals surface area contributed by atoms with Crippen molar-refractivity contribution in [1.82, 2.24) is 9.88 Å². The summed E-state index contributed by atoms with van der Waals surface area (Å²) in [6.45, 7) is 8.01. The Balaban J connectivity index is 2.50. The minimum Gasteiger partial charge on any atom is -0.478 e. The van der Waals surface area contributed by atoms with E-state index in [1.807, 2.05) is 0 Å². The van der Waals surface area contributed by atoms with E-state index in [0.717, 1.165) is 32.6 Å². The second-order valence-electron chi connectivity index (χ2n) is 4.09. The Morgan fingerprint density at radius 3 is 2.83 bits per heavy atom. The number of aromatic nitrogens is 1. The number of anilines is 1. The van der Waals surface area contributed by atoms with Crippen molar-refractivity contribution in [3.05, 3.63) is 24.0 Å². The highest BCUT2D eigenvalue weighted by molar-refractivity contribution is 5.93. The number of hydrogen-bond donors (Lipinski definition) is 2. The third-order valence-corrected chi connectivity index (χ3v) is 2.78. The predicted octanol–water partition coefficient (Wildman–Crippen LogP) is 1.92. The maximum absolute atomic E-state index is 11.0. The zero-order valence-corrected chi connectivity index (χ0v) is 11.0. The van der Waals surface area contributed by atoms with Crippen LogP contribution in [-0.2, 0) is 0 Å². The van der Waals surface area contributed by atoms with E-state index >= 15 is 0 Å². The Kier molecular flexibility index (Phi) is 6.14. The zero-order valence-electron chi connectivity index (χ0n) is 11.0. The van der Waals surface area contributed by atoms with Crippen LogP contribution in [0.1, 0.15) is 30.6 Å². The van der Waals surface area contributed by atoms with Crippen LogP contribution in [0, 0.1) is 0 Å². The van der Waals surface area contributed by atoms with Crippen LogP contribution in [0.2, 0.25) is 0 Å². The second-order valence-corrected chi connectivity index (χ2v) is 4.09. The predicted molar refractivity (Wildman–Crippen MR) is 72.1 cm³/mol. The molecule has 0 fully saturated rings. The monoisotopic (exact) mass is 251 g/mol. The number of carboxylic acid groups (broad SMARTS) is 1. The van der Waals surface area contributed by atoms with Gasteiger partial charge in [-0.25, -0.2) is 4.79 Å². The third kappa shape index (κ3) is 4.33. The van der Waals surface area contributed by atoms with Crippen LogP contribution in [0.15, 0.2) is 18.5 Å². The lowest BCUT2D eigenvalue weighted by Crippen LogP contribution is -2.29. The summed E-state index contributed by atoms with van der Waals surface area (Å²) < 4.78 is 0. The van der Waals surface area contributed by atoms with Gasteiger partial charge in [0.25, 0.3) is 0 Å². The van der Waals surface area contributed by atoms with Gasteiger partial charge in [0.15, 0.2) is 0 Å². The number of carboxylic acids is 1. The summed E-state index contributed by atoms with van der Waals surface area (Å²) in [4.78, 5) is 17.1. The van der Waals surface area contributed by atoms with E-state index in [-0.39, 0.29) is 5.56 Å². The van der Waals surface area contributed by atoms with Crippen molar-refractivity contribution < 1.29 is 9.90 Å². The summed E-state index contributed by atoms with van der Waals surface area (Å²) in [7, 11) is 0. The van der Waals surface area contributed by atoms with Crippen LogP contribution in [0.5, 0.6) is 0 Å². The van der Waals surface area contributed by atoms with Crippen LogP contribution < -0.4 is 5.32 Å². The smallest absolute Gasteiger partial charge is 0.339 e. The van der Waals surface area contributed by atoms with Crippen LogP contribution in [0.25, 0.3) is 0 Å². The summed E-state index contributed by atoms with van der Waals surface area (Å²) in [5.41, 5.74) is 0.848. The molecule has 0 aromatic carbocycles. The first-order valence-corrected chi connectivity index (χ1v) is 6.32. The van der Waals surface area contributed by atoms with E-state index in [1.54, 1.807) is 12.3 Å². The zero-order chi connectivity index (χ0) is 13.4. The van der Waals surface area contributed by atoms with Gasteiger partial charge in [0, 0.05) is 25.5 Å². The molecule has 1 rings (SSSR count). The fourth-order valence-corrected chi connectivity index (χ4v) is 1.81. The lowest BCUT2D eigenvalue weighted by atomic mass is 10.2. The quantitative estimate of drug-likeness (QED) is 0.739. The average molecular weight is 251 g/mol. The summed E-state index contributed by atoms with van der Waals surface area (Å²) in [5.74, 6) is -0.952. The molecule has 5 heteroatoms. The maximum atomic E-state index is 11.0. The van der Waals surface area contributed by atoms with Crippen LogP contribution in [-0.4, -0.2) is 47.1 Å². The molecule has 0 radical (unpaired) electrons. The Bertz CT molecular complexity index is 382. The number of nitrogens with one attached hydrogen (secondary N) is 1. The number of nitrogens with zero attached hydrogens (tertiary/aromatic N) is 2. The van der Waals surface area contributed by atoms with Crippen molar-refractivity contribution in [1.29, 1.82) is 0 Å². The minimum absolute atomic E-state index is 0.219. The molecule has 0 atom stereocenters. The average Bonchev–Trinajstić information content (AvgIpc) is 2.38. The largest absolute Gasteiger partial charge is 0.478 e. The molecule has 0 aliphatic rings. The standard InChI is InChI=1S/C13H21N3O2/c1-3-8-16(4-2)9-7-15-12-5-6-14-10-11(12)13(17)18/h5-6,10H,3-4,7-9H2,1-2H3,(H,14,15)(H,17,18). The van der Waals surface area contributed by atoms with E-state index in [4.69, 9.17) is 5.11 Å². The SMILES string of the molecule is CCCN(CC)CCNc1ccncc1C(=O)O. The Morgan fingerprint density at radius 1 is 1.44 bits per heavy atom. The normalized spacial score (nSPS) is 10.6. The molecule has 0 saturated carbocycles. The number of pyridine rings is 1. The number of aromatic carboxylic acids is 1. The number of hydrogen-bond acceptors (Lipinski definition) is 4. The summed E-state index contributed by atoms with van der Waals surface area (Å²) >= 11 is 0. The summed E-state index contributed by atoms with van der Waals surface area (Å²) in [6, 6.07) is 1.69. The van der Waals surface area contributed by atoms with Crippen molar-refractivity contribution in [2.75, 3.05) is 31.5 Å². The molecule has 0 aliphatic heterocycles. The Labute approximate surface area is 108 Å². The minimum atomic E-state index is -0.952. The fourth-order valence-electron chi connectivity index (χ4n) is 1.81. The van der Waals surface area contributed by atoms with Gasteiger partial charge in [0.2, 0.25) is 0 Å². The van der Waals surface area contributed by atoms with Gasteiger partial charge in [0.1, 0.15) is 5.56 Å². The molecule has 0 aliphatic carbocycles. The number of rotatable bonds is 8. The molecule has 1 heterocycles. The maximum Gasteiger partial charge on any atom is 0.339 e. The van der Waals surface area contributed by atoms with Gasteiger partial charge >= 0.3 is 5.97 Å². The molecule has 0 saturated heterocycles. The summed E-state index contributed by atoms with van der Waals surface area (Å²) in [6.07, 6.45) is 4.09. The Hall–Kier alpha value is -1.62. The van der Waals surface area contributed by atoms with Gasteiger partial charge in [-0.3, -0.25) is 4.98 Å². The van der Waals surface area contributed by atoms with E-state index < -0.39 is 5.97 Å². The first kappa shape index (κ1) is 14.4. The molecular formula is C13H21N3O2. The van der Waals surface area contributed by atoms with Gasteiger partial charge in [-0.1, -0.05) is 13.8 Å². The lowest BCUT2D eigenvalue weighted by Gasteiger charge is -2.20. The summed E-state index contributed by atoms with van der Waals surface area (Å²) in [5, 5.41) is 12.2. The molecule has 1 aromatic rings. The van der Waals surface area contributed by atoms with E-state index in [2.05, 4.69) is 29.0 Å². The highest BCUT2D eigenvalue weighted by Gasteiger charge is 2.09. The lowest BCUT2D eigenvalue weighted by molar-refractivity contribution is 0.0697. The molecule has 18 heavy (non-hydrogen) atoms. The highest BCUT2D eigenvalue weighted by Crippen LogP contribution is 2.12. The highest BCUT2D eigenvalue weighted by atomic mass is 16.4. The first-order valence-electron chi connectivity index (χ1n) is 6.32. The molecule has 100 valence electrons. The topological polar surface area (TPSA) is 65.5 Å². The third-order valence-electron chi connectivity index (χ3n) is 2.78. The van der Waals surface area contributed by atoms with E-state index in [9.17, 15) is 4.79 Å². The van der Waals surface area contributed by atoms with Crippen molar-refractivity contribution in [3.8, 4) is 0 Å². The van der Waals surface area contributed by atoms with Gasteiger partial charge in [0.05, 0.1) is 5.69 Å². The second kappa shape index (κ2) is 7.66. The first-order chi connectivity index (χ1) is 8.69. The van der Waals surface area contributed by atoms with Crippen LogP contribution >= 0.6 is 0 Å². The van der Waals surface area contributed by atoms with Crippen LogP contribution in [0.3, 0.4) is 0 Å². The van der Waals surface area contributed by atoms with Gasteiger partial charge < -0.3 is 15.3 Å². The number of carbonyl (C=O) groups is 1. The molecule has 2 N–H and O–H groups in total. The van der Waals surface area contributed by atoms with E-state index in [1.165, 1.54) is 6.20 Å². The van der Waals surface area contributed by atoms with Gasteiger partial charge in [-0.15, -0.1) is 0 Å². The number of likely N-dealkylation sites (N-methyl/N-ethyl adjacent to an activating group) is 1. The van der Waals surface area contributed by atoms with Crippen LogP contribution in [0.4, 0.5) is 5.69 Å². The molecule has 0 amide bonds. The van der Waals surface area contributed by atoms with Gasteiger partial charge in [-0.2, -0.15) is 0 Å².